The summed E-state index contributed by atoms with van der Waals surface area (Å²) in [5.41, 5.74) is 1.66. The molecule has 2 atom stereocenters. The van der Waals surface area contributed by atoms with Crippen LogP contribution in [0.25, 0.3) is 0 Å². The first-order valence-electron chi connectivity index (χ1n) is 7.42. The van der Waals surface area contributed by atoms with Crippen LogP contribution in [0.3, 0.4) is 0 Å². The van der Waals surface area contributed by atoms with Crippen LogP contribution in [0.1, 0.15) is 59.8 Å². The van der Waals surface area contributed by atoms with Gasteiger partial charge in [-0.05, 0) is 19.8 Å². The highest BCUT2D eigenvalue weighted by Crippen LogP contribution is 2.34. The molecular formula is C15H31N2+. The number of unbranched alkanes of at least 4 members (excludes halogenated alkanes) is 2. The molecule has 0 aromatic carbocycles. The molecule has 1 aliphatic rings. The minimum atomic E-state index is 0.624. The van der Waals surface area contributed by atoms with Crippen LogP contribution < -0.4 is 0 Å². The van der Waals surface area contributed by atoms with Crippen molar-refractivity contribution in [1.82, 2.24) is 4.90 Å². The normalized spacial score (nSPS) is 28.6. The monoisotopic (exact) mass is 239 g/mol. The third-order valence-corrected chi connectivity index (χ3v) is 4.49. The maximum Gasteiger partial charge on any atom is 0.165 e. The fourth-order valence-electron chi connectivity index (χ4n) is 3.09. The minimum absolute atomic E-state index is 0.624. The van der Waals surface area contributed by atoms with E-state index in [1.807, 2.05) is 0 Å². The second-order valence-corrected chi connectivity index (χ2v) is 5.45. The van der Waals surface area contributed by atoms with Gasteiger partial charge in [0.25, 0.3) is 0 Å². The van der Waals surface area contributed by atoms with E-state index in [2.05, 4.69) is 45.8 Å². The molecule has 1 rings (SSSR count). The van der Waals surface area contributed by atoms with Crippen molar-refractivity contribution < 1.29 is 4.48 Å². The summed E-state index contributed by atoms with van der Waals surface area (Å²) < 4.78 is 1.21. The molecule has 2 nitrogen and oxygen atoms in total. The third kappa shape index (κ3) is 2.85. The highest BCUT2D eigenvalue weighted by molar-refractivity contribution is 5.00. The first kappa shape index (κ1) is 14.6. The molecule has 0 aliphatic carbocycles. The van der Waals surface area contributed by atoms with Crippen molar-refractivity contribution in [3.05, 3.63) is 11.9 Å². The fraction of sp³-hybridized carbons (Fsp3) is 0.867. The van der Waals surface area contributed by atoms with E-state index in [1.165, 1.54) is 49.7 Å². The van der Waals surface area contributed by atoms with Crippen molar-refractivity contribution in [1.29, 1.82) is 0 Å². The number of nitrogens with zero attached hydrogens (tertiary/aromatic N) is 2. The molecule has 0 saturated carbocycles. The molecule has 0 bridgehead atoms. The van der Waals surface area contributed by atoms with Gasteiger partial charge in [-0.3, -0.25) is 4.48 Å². The highest BCUT2D eigenvalue weighted by Gasteiger charge is 2.42. The summed E-state index contributed by atoms with van der Waals surface area (Å²) in [5, 5.41) is 0. The number of rotatable bonds is 7. The van der Waals surface area contributed by atoms with Crippen molar-refractivity contribution >= 4 is 0 Å². The smallest absolute Gasteiger partial charge is 0.165 e. The van der Waals surface area contributed by atoms with Crippen molar-refractivity contribution in [2.45, 2.75) is 66.0 Å². The van der Waals surface area contributed by atoms with E-state index in [4.69, 9.17) is 0 Å². The van der Waals surface area contributed by atoms with Gasteiger partial charge in [-0.15, -0.1) is 0 Å². The van der Waals surface area contributed by atoms with Gasteiger partial charge in [0.15, 0.2) is 6.17 Å². The lowest BCUT2D eigenvalue weighted by Crippen LogP contribution is -2.54. The Labute approximate surface area is 108 Å². The molecule has 2 unspecified atom stereocenters. The average Bonchev–Trinajstić information content (AvgIpc) is 2.58. The molecule has 0 fully saturated rings. The van der Waals surface area contributed by atoms with Gasteiger partial charge in [0, 0.05) is 20.4 Å². The molecule has 0 aromatic rings. The van der Waals surface area contributed by atoms with E-state index in [1.54, 1.807) is 5.70 Å². The van der Waals surface area contributed by atoms with E-state index in [-0.39, 0.29) is 0 Å². The van der Waals surface area contributed by atoms with E-state index >= 15 is 0 Å². The molecule has 0 radical (unpaired) electrons. The number of hydrogen-bond acceptors (Lipinski definition) is 1. The summed E-state index contributed by atoms with van der Waals surface area (Å²) in [5.74, 6) is 0. The summed E-state index contributed by atoms with van der Waals surface area (Å²) in [6, 6.07) is 0. The van der Waals surface area contributed by atoms with Gasteiger partial charge in [0.2, 0.25) is 0 Å². The molecular weight excluding hydrogens is 208 g/mol. The molecule has 100 valence electrons. The van der Waals surface area contributed by atoms with Crippen LogP contribution in [0, 0.1) is 0 Å². The molecule has 0 N–H and O–H groups in total. The predicted molar refractivity (Wildman–Crippen MR) is 75.4 cm³/mol. The number of quaternary nitrogens is 1. The summed E-state index contributed by atoms with van der Waals surface area (Å²) >= 11 is 0. The predicted octanol–water partition coefficient (Wildman–Crippen LogP) is 3.95. The molecule has 0 spiro atoms. The van der Waals surface area contributed by atoms with E-state index in [0.717, 1.165) is 0 Å². The Kier molecular flexibility index (Phi) is 5.51. The van der Waals surface area contributed by atoms with E-state index in [9.17, 15) is 0 Å². The van der Waals surface area contributed by atoms with Crippen LogP contribution in [0.2, 0.25) is 0 Å². The van der Waals surface area contributed by atoms with Gasteiger partial charge < -0.3 is 4.90 Å². The number of hydrogen-bond donors (Lipinski definition) is 0. The van der Waals surface area contributed by atoms with Crippen LogP contribution in [0.4, 0.5) is 0 Å². The Morgan fingerprint density at radius 2 is 1.82 bits per heavy atom. The van der Waals surface area contributed by atoms with Crippen molar-refractivity contribution in [2.24, 2.45) is 0 Å². The van der Waals surface area contributed by atoms with E-state index < -0.39 is 0 Å². The lowest BCUT2D eigenvalue weighted by molar-refractivity contribution is -0.916. The third-order valence-electron chi connectivity index (χ3n) is 4.49. The first-order valence-corrected chi connectivity index (χ1v) is 7.42. The lowest BCUT2D eigenvalue weighted by Gasteiger charge is -2.41. The highest BCUT2D eigenvalue weighted by atomic mass is 15.5. The van der Waals surface area contributed by atoms with Crippen LogP contribution >= 0.6 is 0 Å². The molecule has 0 amide bonds. The van der Waals surface area contributed by atoms with Crippen molar-refractivity contribution in [3.63, 3.8) is 0 Å². The summed E-state index contributed by atoms with van der Waals surface area (Å²) in [6.07, 6.45) is 9.60. The van der Waals surface area contributed by atoms with Gasteiger partial charge in [-0.2, -0.15) is 0 Å². The minimum Gasteiger partial charge on any atom is -0.327 e. The van der Waals surface area contributed by atoms with Crippen molar-refractivity contribution in [3.8, 4) is 0 Å². The molecule has 0 saturated heterocycles. The summed E-state index contributed by atoms with van der Waals surface area (Å²) in [7, 11) is 2.23. The SMILES string of the molecule is CCCCC1=CN(C)C(C)[N+]1(CC)CCCC. The second-order valence-electron chi connectivity index (χ2n) is 5.45. The van der Waals surface area contributed by atoms with Gasteiger partial charge in [-0.1, -0.05) is 26.7 Å². The van der Waals surface area contributed by atoms with Crippen LogP contribution in [0.5, 0.6) is 0 Å². The summed E-state index contributed by atoms with van der Waals surface area (Å²) in [4.78, 5) is 2.42. The van der Waals surface area contributed by atoms with Crippen LogP contribution in [-0.2, 0) is 0 Å². The first-order chi connectivity index (χ1) is 8.12. The van der Waals surface area contributed by atoms with Crippen LogP contribution in [0.15, 0.2) is 11.9 Å². The van der Waals surface area contributed by atoms with Crippen LogP contribution in [-0.4, -0.2) is 35.7 Å². The van der Waals surface area contributed by atoms with Gasteiger partial charge >= 0.3 is 0 Å². The second kappa shape index (κ2) is 6.44. The number of allylic oxidation sites excluding steroid dienone is 1. The van der Waals surface area contributed by atoms with Crippen molar-refractivity contribution in [2.75, 3.05) is 20.1 Å². The molecule has 1 heterocycles. The molecule has 2 heteroatoms. The lowest BCUT2D eigenvalue weighted by atomic mass is 10.1. The van der Waals surface area contributed by atoms with E-state index in [0.29, 0.717) is 6.17 Å². The molecule has 1 aliphatic heterocycles. The molecule has 0 aromatic heterocycles. The Morgan fingerprint density at radius 3 is 2.35 bits per heavy atom. The standard InChI is InChI=1S/C15H31N2/c1-6-9-11-15-13-16(5)14(4)17(15,8-3)12-10-7-2/h13-14H,6-12H2,1-5H3/q+1. The zero-order valence-corrected chi connectivity index (χ0v) is 12.5. The Bertz CT molecular complexity index is 260. The zero-order chi connectivity index (χ0) is 12.9. The average molecular weight is 239 g/mol. The maximum absolute atomic E-state index is 2.42. The maximum atomic E-state index is 2.42. The summed E-state index contributed by atoms with van der Waals surface area (Å²) in [6.45, 7) is 11.9. The Hall–Kier alpha value is -0.500. The Morgan fingerprint density at radius 1 is 1.18 bits per heavy atom. The quantitative estimate of drug-likeness (QED) is 0.608. The topological polar surface area (TPSA) is 3.24 Å². The zero-order valence-electron chi connectivity index (χ0n) is 12.5. The fourth-order valence-corrected chi connectivity index (χ4v) is 3.09. The molecule has 17 heavy (non-hydrogen) atoms. The van der Waals surface area contributed by atoms with Gasteiger partial charge in [0.1, 0.15) is 5.70 Å². The largest absolute Gasteiger partial charge is 0.327 e. The van der Waals surface area contributed by atoms with Gasteiger partial charge in [0.05, 0.1) is 19.3 Å². The van der Waals surface area contributed by atoms with Gasteiger partial charge in [-0.25, -0.2) is 0 Å². The Balaban J connectivity index is 2.84.